The highest BCUT2D eigenvalue weighted by atomic mass is 35.5. The minimum atomic E-state index is -0.768. The van der Waals surface area contributed by atoms with Crippen LogP contribution in [0.3, 0.4) is 0 Å². The van der Waals surface area contributed by atoms with Crippen LogP contribution in [0.15, 0.2) is 18.2 Å². The molecule has 0 aromatic heterocycles. The summed E-state index contributed by atoms with van der Waals surface area (Å²) in [5.41, 5.74) is 0.858. The summed E-state index contributed by atoms with van der Waals surface area (Å²) in [6.07, 6.45) is 1.21. The fraction of sp³-hybridized carbons (Fsp3) is 0.538. The highest BCUT2D eigenvalue weighted by Gasteiger charge is 2.37. The molecule has 2 fully saturated rings. The van der Waals surface area contributed by atoms with Crippen LogP contribution in [0.5, 0.6) is 0 Å². The SMILES string of the molecule is Cl.Cl.Fc1ccc(CN2CC[C@H]3CNC[C@H]32)cc1F. The van der Waals surface area contributed by atoms with Gasteiger partial charge in [-0.15, -0.1) is 24.8 Å². The van der Waals surface area contributed by atoms with Gasteiger partial charge in [0.15, 0.2) is 11.6 Å². The Bertz CT molecular complexity index is 431. The third-order valence-corrected chi connectivity index (χ3v) is 3.93. The molecule has 2 atom stereocenters. The molecule has 2 nitrogen and oxygen atoms in total. The van der Waals surface area contributed by atoms with Crippen molar-refractivity contribution >= 4 is 24.8 Å². The maximum atomic E-state index is 13.1. The van der Waals surface area contributed by atoms with E-state index in [9.17, 15) is 8.78 Å². The molecule has 19 heavy (non-hydrogen) atoms. The van der Waals surface area contributed by atoms with Crippen molar-refractivity contribution in [2.45, 2.75) is 19.0 Å². The second-order valence-electron chi connectivity index (χ2n) is 4.99. The molecule has 0 bridgehead atoms. The van der Waals surface area contributed by atoms with Crippen molar-refractivity contribution in [1.82, 2.24) is 10.2 Å². The van der Waals surface area contributed by atoms with E-state index in [-0.39, 0.29) is 24.8 Å². The van der Waals surface area contributed by atoms with E-state index in [1.165, 1.54) is 18.6 Å². The maximum absolute atomic E-state index is 13.1. The second-order valence-corrected chi connectivity index (χ2v) is 4.99. The van der Waals surface area contributed by atoms with Gasteiger partial charge in [0.1, 0.15) is 0 Å². The van der Waals surface area contributed by atoms with E-state index in [1.54, 1.807) is 6.07 Å². The molecule has 0 radical (unpaired) electrons. The number of rotatable bonds is 2. The van der Waals surface area contributed by atoms with E-state index in [0.29, 0.717) is 6.04 Å². The predicted octanol–water partition coefficient (Wildman–Crippen LogP) is 2.60. The third kappa shape index (κ3) is 3.37. The molecule has 2 aliphatic rings. The van der Waals surface area contributed by atoms with Crippen LogP contribution < -0.4 is 5.32 Å². The van der Waals surface area contributed by atoms with Gasteiger partial charge in [-0.25, -0.2) is 8.78 Å². The Hall–Kier alpha value is -0.420. The smallest absolute Gasteiger partial charge is 0.159 e. The molecule has 1 N–H and O–H groups in total. The molecule has 2 heterocycles. The average Bonchev–Trinajstić information content (AvgIpc) is 2.88. The molecular formula is C13H18Cl2F2N2. The summed E-state index contributed by atoms with van der Waals surface area (Å²) in [6.45, 7) is 3.91. The Labute approximate surface area is 124 Å². The third-order valence-electron chi connectivity index (χ3n) is 3.93. The van der Waals surface area contributed by atoms with Crippen LogP contribution >= 0.6 is 24.8 Å². The summed E-state index contributed by atoms with van der Waals surface area (Å²) in [5.74, 6) is -0.779. The quantitative estimate of drug-likeness (QED) is 0.903. The molecule has 2 saturated heterocycles. The van der Waals surface area contributed by atoms with Crippen LogP contribution in [-0.4, -0.2) is 30.6 Å². The van der Waals surface area contributed by atoms with Gasteiger partial charge in [-0.05, 0) is 43.1 Å². The number of nitrogens with one attached hydrogen (secondary N) is 1. The molecule has 2 aliphatic heterocycles. The molecule has 6 heteroatoms. The summed E-state index contributed by atoms with van der Waals surface area (Å²) in [5, 5.41) is 3.38. The average molecular weight is 311 g/mol. The first-order valence-electron chi connectivity index (χ1n) is 6.13. The molecule has 0 saturated carbocycles. The first-order valence-corrected chi connectivity index (χ1v) is 6.13. The van der Waals surface area contributed by atoms with E-state index in [2.05, 4.69) is 10.2 Å². The first-order chi connectivity index (χ1) is 8.24. The van der Waals surface area contributed by atoms with Crippen LogP contribution in [-0.2, 0) is 6.54 Å². The van der Waals surface area contributed by atoms with Gasteiger partial charge in [0, 0.05) is 19.1 Å². The summed E-state index contributed by atoms with van der Waals surface area (Å²) >= 11 is 0. The number of hydrogen-bond donors (Lipinski definition) is 1. The highest BCUT2D eigenvalue weighted by Crippen LogP contribution is 2.28. The van der Waals surface area contributed by atoms with E-state index < -0.39 is 11.6 Å². The monoisotopic (exact) mass is 310 g/mol. The van der Waals surface area contributed by atoms with Gasteiger partial charge in [0.05, 0.1) is 0 Å². The molecule has 0 aliphatic carbocycles. The molecule has 0 unspecified atom stereocenters. The predicted molar refractivity (Wildman–Crippen MR) is 76.0 cm³/mol. The molecule has 108 valence electrons. The van der Waals surface area contributed by atoms with Crippen LogP contribution in [0, 0.1) is 17.6 Å². The van der Waals surface area contributed by atoms with Crippen LogP contribution in [0.25, 0.3) is 0 Å². The zero-order chi connectivity index (χ0) is 11.8. The highest BCUT2D eigenvalue weighted by molar-refractivity contribution is 5.85. The van der Waals surface area contributed by atoms with Crippen molar-refractivity contribution in [3.8, 4) is 0 Å². The summed E-state index contributed by atoms with van der Waals surface area (Å²) in [7, 11) is 0. The zero-order valence-electron chi connectivity index (χ0n) is 10.4. The van der Waals surface area contributed by atoms with Crippen molar-refractivity contribution in [3.63, 3.8) is 0 Å². The molecule has 1 aromatic rings. The minimum absolute atomic E-state index is 0. The van der Waals surface area contributed by atoms with E-state index in [4.69, 9.17) is 0 Å². The number of nitrogens with zero attached hydrogens (tertiary/aromatic N) is 1. The first kappa shape index (κ1) is 16.6. The number of fused-ring (bicyclic) bond motifs is 1. The normalized spacial score (nSPS) is 25.6. The molecule has 1 aromatic carbocycles. The van der Waals surface area contributed by atoms with E-state index in [0.717, 1.165) is 37.7 Å². The minimum Gasteiger partial charge on any atom is -0.315 e. The van der Waals surface area contributed by atoms with Gasteiger partial charge in [0.2, 0.25) is 0 Å². The van der Waals surface area contributed by atoms with Crippen molar-refractivity contribution in [2.75, 3.05) is 19.6 Å². The van der Waals surface area contributed by atoms with Crippen LogP contribution in [0.1, 0.15) is 12.0 Å². The molecule has 0 amide bonds. The van der Waals surface area contributed by atoms with Crippen molar-refractivity contribution in [3.05, 3.63) is 35.4 Å². The van der Waals surface area contributed by atoms with E-state index in [1.807, 2.05) is 0 Å². The standard InChI is InChI=1S/C13H16F2N2.2ClH/c14-11-2-1-9(5-12(11)15)8-17-4-3-10-6-16-7-13(10)17;;/h1-2,5,10,13,16H,3-4,6-8H2;2*1H/t10-,13+;;/m0../s1. The second kappa shape index (κ2) is 6.84. The number of hydrogen-bond acceptors (Lipinski definition) is 2. The number of halogens is 4. The lowest BCUT2D eigenvalue weighted by Crippen LogP contribution is -2.33. The Morgan fingerprint density at radius 3 is 2.68 bits per heavy atom. The van der Waals surface area contributed by atoms with Gasteiger partial charge in [-0.1, -0.05) is 6.07 Å². The summed E-state index contributed by atoms with van der Waals surface area (Å²) in [4.78, 5) is 2.37. The van der Waals surface area contributed by atoms with Crippen molar-refractivity contribution in [2.24, 2.45) is 5.92 Å². The Morgan fingerprint density at radius 1 is 1.16 bits per heavy atom. The van der Waals surface area contributed by atoms with Crippen LogP contribution in [0.2, 0.25) is 0 Å². The fourth-order valence-electron chi connectivity index (χ4n) is 3.01. The number of likely N-dealkylation sites (tertiary alicyclic amines) is 1. The van der Waals surface area contributed by atoms with Gasteiger partial charge >= 0.3 is 0 Å². The van der Waals surface area contributed by atoms with Crippen molar-refractivity contribution < 1.29 is 8.78 Å². The van der Waals surface area contributed by atoms with Crippen LogP contribution in [0.4, 0.5) is 8.78 Å². The fourth-order valence-corrected chi connectivity index (χ4v) is 3.01. The lowest BCUT2D eigenvalue weighted by molar-refractivity contribution is 0.243. The Kier molecular flexibility index (Phi) is 5.99. The van der Waals surface area contributed by atoms with Gasteiger partial charge in [0.25, 0.3) is 0 Å². The van der Waals surface area contributed by atoms with Gasteiger partial charge in [-0.2, -0.15) is 0 Å². The van der Waals surface area contributed by atoms with Gasteiger partial charge in [-0.3, -0.25) is 4.90 Å². The van der Waals surface area contributed by atoms with Gasteiger partial charge < -0.3 is 5.32 Å². The summed E-state index contributed by atoms with van der Waals surface area (Å²) in [6, 6.07) is 4.77. The molecule has 3 rings (SSSR count). The zero-order valence-corrected chi connectivity index (χ0v) is 12.1. The number of benzene rings is 1. The lowest BCUT2D eigenvalue weighted by atomic mass is 10.0. The topological polar surface area (TPSA) is 15.3 Å². The van der Waals surface area contributed by atoms with Crippen molar-refractivity contribution in [1.29, 1.82) is 0 Å². The lowest BCUT2D eigenvalue weighted by Gasteiger charge is -2.23. The Morgan fingerprint density at radius 2 is 1.95 bits per heavy atom. The van der Waals surface area contributed by atoms with E-state index >= 15 is 0 Å². The molecular weight excluding hydrogens is 293 g/mol. The summed E-state index contributed by atoms with van der Waals surface area (Å²) < 4.78 is 25.9. The maximum Gasteiger partial charge on any atom is 0.159 e. The Balaban J connectivity index is 0.000000902. The molecule has 0 spiro atoms. The largest absolute Gasteiger partial charge is 0.315 e.